The summed E-state index contributed by atoms with van der Waals surface area (Å²) < 4.78 is 17.0. The number of para-hydroxylation sites is 1. The number of hydrogen-bond acceptors (Lipinski definition) is 9. The number of carbonyl (C=O) groups excluding carboxylic acids is 2. The predicted molar refractivity (Wildman–Crippen MR) is 140 cm³/mol. The number of aromatic nitrogens is 1. The molecule has 1 aromatic heterocycles. The monoisotopic (exact) mass is 560 g/mol. The highest BCUT2D eigenvalue weighted by Gasteiger charge is 2.13. The van der Waals surface area contributed by atoms with Crippen LogP contribution in [0.3, 0.4) is 0 Å². The smallest absolute Gasteiger partial charge is 0.311 e. The number of benzene rings is 2. The van der Waals surface area contributed by atoms with Gasteiger partial charge < -0.3 is 19.5 Å². The van der Waals surface area contributed by atoms with Crippen LogP contribution in [-0.4, -0.2) is 42.9 Å². The molecule has 35 heavy (non-hydrogen) atoms. The molecule has 0 unspecified atom stereocenters. The first-order valence-corrected chi connectivity index (χ1v) is 12.5. The van der Waals surface area contributed by atoms with Crippen LogP contribution in [-0.2, 0) is 20.7 Å². The van der Waals surface area contributed by atoms with E-state index in [0.29, 0.717) is 45.7 Å². The minimum Gasteiger partial charge on any atom is -0.490 e. The van der Waals surface area contributed by atoms with Crippen molar-refractivity contribution in [2.45, 2.75) is 20.3 Å². The number of carbonyl (C=O) groups is 2. The van der Waals surface area contributed by atoms with Crippen molar-refractivity contribution in [1.82, 2.24) is 4.98 Å². The first kappa shape index (κ1) is 26.2. The molecule has 3 aromatic rings. The van der Waals surface area contributed by atoms with Gasteiger partial charge in [-0.3, -0.25) is 15.0 Å². The van der Waals surface area contributed by atoms with Gasteiger partial charge in [0.05, 0.1) is 31.5 Å². The molecule has 3 rings (SSSR count). The minimum absolute atomic E-state index is 0.115. The van der Waals surface area contributed by atoms with Crippen LogP contribution >= 0.6 is 27.3 Å². The van der Waals surface area contributed by atoms with E-state index in [2.05, 4.69) is 36.8 Å². The SMILES string of the molecule is CCOC(=O)Cc1csc(NN=Cc2cc(OCC)c(OCC(=O)Nc3ccccc3)cc2Br)n1. The quantitative estimate of drug-likeness (QED) is 0.184. The van der Waals surface area contributed by atoms with Gasteiger partial charge in [-0.2, -0.15) is 5.10 Å². The topological polar surface area (TPSA) is 111 Å². The number of esters is 1. The van der Waals surface area contributed by atoms with E-state index in [4.69, 9.17) is 14.2 Å². The summed E-state index contributed by atoms with van der Waals surface area (Å²) in [5.74, 6) is 0.307. The third-order valence-electron chi connectivity index (χ3n) is 4.33. The summed E-state index contributed by atoms with van der Waals surface area (Å²) in [4.78, 5) is 28.1. The van der Waals surface area contributed by atoms with Crippen LogP contribution in [0.4, 0.5) is 10.8 Å². The van der Waals surface area contributed by atoms with Crippen LogP contribution in [0, 0.1) is 0 Å². The Kier molecular flexibility index (Phi) is 10.1. The van der Waals surface area contributed by atoms with E-state index in [-0.39, 0.29) is 24.9 Å². The summed E-state index contributed by atoms with van der Waals surface area (Å²) in [5.41, 5.74) is 4.89. The summed E-state index contributed by atoms with van der Waals surface area (Å²) in [6, 6.07) is 12.6. The Balaban J connectivity index is 1.61. The van der Waals surface area contributed by atoms with E-state index in [0.717, 1.165) is 5.56 Å². The number of halogens is 1. The summed E-state index contributed by atoms with van der Waals surface area (Å²) in [6.45, 7) is 4.21. The standard InChI is InChI=1S/C24H25BrN4O5S/c1-3-32-20-10-16(13-26-29-24-28-18(15-35-24)11-23(31)33-4-2)19(25)12-21(20)34-14-22(30)27-17-8-6-5-7-9-17/h5-10,12-13,15H,3-4,11,14H2,1-2H3,(H,27,30)(H,28,29). The highest BCUT2D eigenvalue weighted by molar-refractivity contribution is 9.10. The Hall–Kier alpha value is -3.44. The van der Waals surface area contributed by atoms with Gasteiger partial charge in [-0.1, -0.05) is 18.2 Å². The third kappa shape index (κ3) is 8.37. The van der Waals surface area contributed by atoms with Crippen molar-refractivity contribution >= 4 is 56.2 Å². The normalized spacial score (nSPS) is 10.7. The average molecular weight is 561 g/mol. The zero-order valence-corrected chi connectivity index (χ0v) is 21.6. The summed E-state index contributed by atoms with van der Waals surface area (Å²) >= 11 is 4.84. The van der Waals surface area contributed by atoms with Crippen molar-refractivity contribution in [2.24, 2.45) is 5.10 Å². The van der Waals surface area contributed by atoms with Crippen molar-refractivity contribution in [3.63, 3.8) is 0 Å². The number of amides is 1. The molecule has 0 bridgehead atoms. The summed E-state index contributed by atoms with van der Waals surface area (Å²) in [6.07, 6.45) is 1.72. The molecule has 0 aliphatic carbocycles. The molecule has 0 fully saturated rings. The van der Waals surface area contributed by atoms with Crippen molar-refractivity contribution in [3.8, 4) is 11.5 Å². The zero-order chi connectivity index (χ0) is 25.0. The molecule has 11 heteroatoms. The van der Waals surface area contributed by atoms with Crippen LogP contribution in [0.2, 0.25) is 0 Å². The fourth-order valence-electron chi connectivity index (χ4n) is 2.85. The van der Waals surface area contributed by atoms with E-state index in [1.807, 2.05) is 25.1 Å². The molecule has 0 aliphatic heterocycles. The van der Waals surface area contributed by atoms with Gasteiger partial charge in [0.15, 0.2) is 18.1 Å². The number of nitrogens with zero attached hydrogens (tertiary/aromatic N) is 2. The number of nitrogens with one attached hydrogen (secondary N) is 2. The van der Waals surface area contributed by atoms with Gasteiger partial charge in [0.2, 0.25) is 5.13 Å². The van der Waals surface area contributed by atoms with E-state index in [1.165, 1.54) is 11.3 Å². The zero-order valence-electron chi connectivity index (χ0n) is 19.2. The maximum absolute atomic E-state index is 12.2. The third-order valence-corrected chi connectivity index (χ3v) is 5.81. The minimum atomic E-state index is -0.319. The summed E-state index contributed by atoms with van der Waals surface area (Å²) in [5, 5.41) is 9.32. The van der Waals surface area contributed by atoms with Gasteiger partial charge in [-0.05, 0) is 54.0 Å². The van der Waals surface area contributed by atoms with Gasteiger partial charge in [0.25, 0.3) is 5.91 Å². The Bertz CT molecular complexity index is 1170. The molecule has 184 valence electrons. The van der Waals surface area contributed by atoms with Crippen LogP contribution in [0.5, 0.6) is 11.5 Å². The van der Waals surface area contributed by atoms with Crippen molar-refractivity contribution in [1.29, 1.82) is 0 Å². The van der Waals surface area contributed by atoms with Crippen molar-refractivity contribution < 1.29 is 23.8 Å². The highest BCUT2D eigenvalue weighted by atomic mass is 79.9. The number of ether oxygens (including phenoxy) is 3. The van der Waals surface area contributed by atoms with Crippen LogP contribution in [0.15, 0.2) is 57.4 Å². The molecule has 0 atom stereocenters. The first-order valence-electron chi connectivity index (χ1n) is 10.8. The Morgan fingerprint density at radius 3 is 2.63 bits per heavy atom. The predicted octanol–water partition coefficient (Wildman–Crippen LogP) is 4.87. The number of thiazole rings is 1. The molecule has 0 spiro atoms. The van der Waals surface area contributed by atoms with E-state index < -0.39 is 0 Å². The van der Waals surface area contributed by atoms with Gasteiger partial charge in [-0.15, -0.1) is 11.3 Å². The van der Waals surface area contributed by atoms with Gasteiger partial charge >= 0.3 is 5.97 Å². The largest absolute Gasteiger partial charge is 0.490 e. The number of rotatable bonds is 12. The second-order valence-corrected chi connectivity index (χ2v) is 8.66. The lowest BCUT2D eigenvalue weighted by Crippen LogP contribution is -2.20. The van der Waals surface area contributed by atoms with Gasteiger partial charge in [0, 0.05) is 21.1 Å². The Labute approximate surface area is 215 Å². The second-order valence-electron chi connectivity index (χ2n) is 6.95. The van der Waals surface area contributed by atoms with Gasteiger partial charge in [-0.25, -0.2) is 4.98 Å². The number of anilines is 2. The molecule has 1 heterocycles. The Morgan fingerprint density at radius 2 is 1.89 bits per heavy atom. The maximum Gasteiger partial charge on any atom is 0.311 e. The van der Waals surface area contributed by atoms with Gasteiger partial charge in [0.1, 0.15) is 0 Å². The lowest BCUT2D eigenvalue weighted by Gasteiger charge is -2.14. The first-order chi connectivity index (χ1) is 17.0. The summed E-state index contributed by atoms with van der Waals surface area (Å²) in [7, 11) is 0. The molecular weight excluding hydrogens is 536 g/mol. The average Bonchev–Trinajstić information content (AvgIpc) is 3.27. The van der Waals surface area contributed by atoms with Crippen LogP contribution < -0.4 is 20.2 Å². The molecule has 9 nitrogen and oxygen atoms in total. The molecule has 0 saturated carbocycles. The number of hydrogen-bond donors (Lipinski definition) is 2. The molecular formula is C24H25BrN4O5S. The van der Waals surface area contributed by atoms with Crippen molar-refractivity contribution in [2.75, 3.05) is 30.6 Å². The maximum atomic E-state index is 12.2. The van der Waals surface area contributed by atoms with E-state index in [9.17, 15) is 9.59 Å². The molecule has 0 radical (unpaired) electrons. The number of hydrazone groups is 1. The van der Waals surface area contributed by atoms with E-state index in [1.54, 1.807) is 42.8 Å². The molecule has 0 saturated heterocycles. The fraction of sp³-hybridized carbons (Fsp3) is 0.250. The van der Waals surface area contributed by atoms with Crippen LogP contribution in [0.25, 0.3) is 0 Å². The highest BCUT2D eigenvalue weighted by Crippen LogP contribution is 2.33. The van der Waals surface area contributed by atoms with E-state index >= 15 is 0 Å². The molecule has 1 amide bonds. The molecule has 0 aliphatic rings. The lowest BCUT2D eigenvalue weighted by molar-refractivity contribution is -0.142. The molecule has 2 aromatic carbocycles. The molecule has 2 N–H and O–H groups in total. The van der Waals surface area contributed by atoms with Crippen LogP contribution in [0.1, 0.15) is 25.1 Å². The lowest BCUT2D eigenvalue weighted by atomic mass is 10.2. The second kappa shape index (κ2) is 13.4. The Morgan fingerprint density at radius 1 is 1.11 bits per heavy atom. The fourth-order valence-corrected chi connectivity index (χ4v) is 3.93. The van der Waals surface area contributed by atoms with Crippen molar-refractivity contribution in [3.05, 3.63) is 63.6 Å².